The minimum Gasteiger partial charge on any atom is -0.493 e. The second kappa shape index (κ2) is 5.42. The summed E-state index contributed by atoms with van der Waals surface area (Å²) in [6.07, 6.45) is 0.251. The summed E-state index contributed by atoms with van der Waals surface area (Å²) in [7, 11) is 0. The van der Waals surface area contributed by atoms with Crippen molar-refractivity contribution in [1.29, 1.82) is 0 Å². The number of ether oxygens (including phenoxy) is 1. The third-order valence-electron chi connectivity index (χ3n) is 3.29. The van der Waals surface area contributed by atoms with E-state index in [1.54, 1.807) is 0 Å². The van der Waals surface area contributed by atoms with Gasteiger partial charge in [-0.25, -0.2) is 0 Å². The van der Waals surface area contributed by atoms with E-state index in [1.165, 1.54) is 5.56 Å². The van der Waals surface area contributed by atoms with Gasteiger partial charge in [-0.1, -0.05) is 34.1 Å². The van der Waals surface area contributed by atoms with Crippen LogP contribution < -0.4 is 4.74 Å². The van der Waals surface area contributed by atoms with Crippen LogP contribution in [0.15, 0.2) is 40.9 Å². The first-order valence-corrected chi connectivity index (χ1v) is 7.91. The van der Waals surface area contributed by atoms with Crippen molar-refractivity contribution in [1.82, 2.24) is 0 Å². The molecule has 0 aliphatic carbocycles. The van der Waals surface area contributed by atoms with E-state index in [0.717, 1.165) is 31.3 Å². The molecule has 2 aromatic rings. The molecular weight excluding hydrogens is 419 g/mol. The Bertz CT molecular complexity index is 628. The molecule has 0 aromatic heterocycles. The smallest absolute Gasteiger partial charge is 0.128 e. The molecule has 0 saturated carbocycles. The van der Waals surface area contributed by atoms with Crippen molar-refractivity contribution in [3.63, 3.8) is 0 Å². The molecule has 0 bridgehead atoms. The maximum atomic E-state index is 10.6. The van der Waals surface area contributed by atoms with Gasteiger partial charge in [-0.15, -0.1) is 0 Å². The highest BCUT2D eigenvalue weighted by Gasteiger charge is 2.23. The van der Waals surface area contributed by atoms with Gasteiger partial charge in [0.25, 0.3) is 0 Å². The average molecular weight is 431 g/mol. The van der Waals surface area contributed by atoms with Crippen LogP contribution in [-0.4, -0.2) is 11.7 Å². The van der Waals surface area contributed by atoms with Gasteiger partial charge >= 0.3 is 0 Å². The quantitative estimate of drug-likeness (QED) is 0.727. The Labute approximate surface area is 134 Å². The van der Waals surface area contributed by atoms with E-state index in [0.29, 0.717) is 6.61 Å². The minimum absolute atomic E-state index is 0.669. The first-order chi connectivity index (χ1) is 9.16. The van der Waals surface area contributed by atoms with Crippen LogP contribution >= 0.6 is 38.5 Å². The summed E-state index contributed by atoms with van der Waals surface area (Å²) in [4.78, 5) is 0. The van der Waals surface area contributed by atoms with Crippen LogP contribution in [0.4, 0.5) is 0 Å². The van der Waals surface area contributed by atoms with Crippen molar-refractivity contribution in [3.05, 3.63) is 61.1 Å². The summed E-state index contributed by atoms with van der Waals surface area (Å²) in [6, 6.07) is 11.9. The second-order valence-electron chi connectivity index (χ2n) is 4.50. The first kappa shape index (κ1) is 13.4. The Balaban J connectivity index is 2.07. The lowest BCUT2D eigenvalue weighted by Gasteiger charge is -2.16. The number of hydrogen-bond donors (Lipinski definition) is 1. The maximum absolute atomic E-state index is 10.6. The third kappa shape index (κ3) is 2.53. The number of benzene rings is 2. The maximum Gasteiger partial charge on any atom is 0.128 e. The molecule has 1 aliphatic rings. The molecule has 1 heterocycles. The van der Waals surface area contributed by atoms with E-state index in [2.05, 4.69) is 44.6 Å². The van der Waals surface area contributed by atoms with Gasteiger partial charge in [-0.2, -0.15) is 0 Å². The first-order valence-electron chi connectivity index (χ1n) is 6.04. The summed E-state index contributed by atoms with van der Waals surface area (Å²) < 4.78 is 7.68. The number of hydrogen-bond acceptors (Lipinski definition) is 2. The number of halogens is 2. The molecule has 1 unspecified atom stereocenters. The molecule has 4 heteroatoms. The second-order valence-corrected chi connectivity index (χ2v) is 6.60. The number of aliphatic hydroxyl groups is 1. The Hall–Kier alpha value is -0.590. The highest BCUT2D eigenvalue weighted by Crippen LogP contribution is 2.38. The van der Waals surface area contributed by atoms with Crippen molar-refractivity contribution in [2.75, 3.05) is 6.61 Å². The predicted octanol–water partition coefficient (Wildman–Crippen LogP) is 4.07. The van der Waals surface area contributed by atoms with Crippen molar-refractivity contribution in [2.24, 2.45) is 0 Å². The Morgan fingerprint density at radius 3 is 2.89 bits per heavy atom. The average Bonchev–Trinajstić information content (AvgIpc) is 2.89. The molecule has 2 aromatic carbocycles. The molecule has 3 rings (SSSR count). The summed E-state index contributed by atoms with van der Waals surface area (Å²) in [5.74, 6) is 0.848. The number of aliphatic hydroxyl groups excluding tert-OH is 1. The predicted molar refractivity (Wildman–Crippen MR) is 86.6 cm³/mol. The van der Waals surface area contributed by atoms with E-state index in [9.17, 15) is 5.11 Å². The largest absolute Gasteiger partial charge is 0.493 e. The van der Waals surface area contributed by atoms with E-state index >= 15 is 0 Å². The molecule has 1 aliphatic heterocycles. The van der Waals surface area contributed by atoms with Crippen LogP contribution in [0.3, 0.4) is 0 Å². The fraction of sp³-hybridized carbons (Fsp3) is 0.200. The number of fused-ring (bicyclic) bond motifs is 1. The summed E-state index contributed by atoms with van der Waals surface area (Å²) in [6.45, 7) is 0.701. The van der Waals surface area contributed by atoms with Gasteiger partial charge in [0.05, 0.1) is 6.61 Å². The zero-order valence-corrected chi connectivity index (χ0v) is 13.8. The highest BCUT2D eigenvalue weighted by molar-refractivity contribution is 14.1. The lowest BCUT2D eigenvalue weighted by Crippen LogP contribution is -2.03. The Kier molecular flexibility index (Phi) is 3.82. The fourth-order valence-corrected chi connectivity index (χ4v) is 3.33. The molecule has 0 saturated heterocycles. The Morgan fingerprint density at radius 2 is 2.05 bits per heavy atom. The van der Waals surface area contributed by atoms with Gasteiger partial charge in [-0.05, 0) is 46.4 Å². The van der Waals surface area contributed by atoms with Crippen LogP contribution in [0.25, 0.3) is 0 Å². The monoisotopic (exact) mass is 430 g/mol. The molecule has 0 radical (unpaired) electrons. The lowest BCUT2D eigenvalue weighted by atomic mass is 9.98. The van der Waals surface area contributed by atoms with Crippen LogP contribution in [-0.2, 0) is 6.42 Å². The molecule has 0 fully saturated rings. The summed E-state index contributed by atoms with van der Waals surface area (Å²) >= 11 is 5.75. The molecular formula is C15H12BrIO2. The molecule has 98 valence electrons. The molecule has 0 amide bonds. The zero-order chi connectivity index (χ0) is 13.4. The highest BCUT2D eigenvalue weighted by atomic mass is 127. The SMILES string of the molecule is OC(c1cc(I)ccc1Br)c1cccc2c1OCC2. The van der Waals surface area contributed by atoms with Crippen molar-refractivity contribution < 1.29 is 9.84 Å². The Morgan fingerprint density at radius 1 is 1.21 bits per heavy atom. The molecule has 1 N–H and O–H groups in total. The summed E-state index contributed by atoms with van der Waals surface area (Å²) in [5, 5.41) is 10.6. The third-order valence-corrected chi connectivity index (χ3v) is 4.69. The number of rotatable bonds is 2. The van der Waals surface area contributed by atoms with E-state index < -0.39 is 6.10 Å². The van der Waals surface area contributed by atoms with Crippen LogP contribution in [0, 0.1) is 3.57 Å². The zero-order valence-electron chi connectivity index (χ0n) is 10.1. The van der Waals surface area contributed by atoms with Gasteiger partial charge in [0.15, 0.2) is 0 Å². The van der Waals surface area contributed by atoms with Crippen molar-refractivity contribution in [3.8, 4) is 5.75 Å². The van der Waals surface area contributed by atoms with Crippen molar-refractivity contribution >= 4 is 38.5 Å². The molecule has 2 nitrogen and oxygen atoms in total. The van der Waals surface area contributed by atoms with Gasteiger partial charge in [0.2, 0.25) is 0 Å². The van der Waals surface area contributed by atoms with E-state index in [1.807, 2.05) is 30.3 Å². The van der Waals surface area contributed by atoms with Crippen LogP contribution in [0.1, 0.15) is 22.8 Å². The molecule has 19 heavy (non-hydrogen) atoms. The van der Waals surface area contributed by atoms with E-state index in [4.69, 9.17) is 4.74 Å². The molecule has 0 spiro atoms. The van der Waals surface area contributed by atoms with Gasteiger partial charge in [-0.3, -0.25) is 0 Å². The summed E-state index contributed by atoms with van der Waals surface area (Å²) in [5.41, 5.74) is 2.90. The topological polar surface area (TPSA) is 29.5 Å². The number of para-hydroxylation sites is 1. The van der Waals surface area contributed by atoms with Crippen molar-refractivity contribution in [2.45, 2.75) is 12.5 Å². The van der Waals surface area contributed by atoms with Gasteiger partial charge in [0, 0.05) is 25.6 Å². The van der Waals surface area contributed by atoms with Crippen LogP contribution in [0.5, 0.6) is 5.75 Å². The normalized spacial score (nSPS) is 14.9. The molecule has 1 atom stereocenters. The minimum atomic E-state index is -0.669. The van der Waals surface area contributed by atoms with Gasteiger partial charge in [0.1, 0.15) is 11.9 Å². The van der Waals surface area contributed by atoms with Crippen LogP contribution in [0.2, 0.25) is 0 Å². The lowest BCUT2D eigenvalue weighted by molar-refractivity contribution is 0.213. The fourth-order valence-electron chi connectivity index (χ4n) is 2.35. The van der Waals surface area contributed by atoms with E-state index in [-0.39, 0.29) is 0 Å². The van der Waals surface area contributed by atoms with Gasteiger partial charge < -0.3 is 9.84 Å². The standard InChI is InChI=1S/C15H12BrIO2/c16-13-5-4-10(17)8-12(13)14(18)11-3-1-2-9-6-7-19-15(9)11/h1-5,8,14,18H,6-7H2.